The van der Waals surface area contributed by atoms with Gasteiger partial charge in [0, 0.05) is 11.8 Å². The zero-order chi connectivity index (χ0) is 18.4. The highest BCUT2D eigenvalue weighted by atomic mass is 79.9. The zero-order valence-electron chi connectivity index (χ0n) is 15.0. The molecule has 0 amide bonds. The molecule has 5 heteroatoms. The lowest BCUT2D eigenvalue weighted by molar-refractivity contribution is -0.144. The second-order valence-electron chi connectivity index (χ2n) is 6.76. The molecule has 1 unspecified atom stereocenters. The Morgan fingerprint density at radius 3 is 2.76 bits per heavy atom. The van der Waals surface area contributed by atoms with Gasteiger partial charge in [-0.3, -0.25) is 9.59 Å². The van der Waals surface area contributed by atoms with E-state index in [-0.39, 0.29) is 18.0 Å². The Morgan fingerprint density at radius 2 is 2.12 bits per heavy atom. The maximum Gasteiger partial charge on any atom is 0.309 e. The lowest BCUT2D eigenvalue weighted by atomic mass is 9.96. The number of cyclic esters (lactones) is 1. The van der Waals surface area contributed by atoms with Crippen molar-refractivity contribution < 1.29 is 18.7 Å². The number of rotatable bonds is 8. The van der Waals surface area contributed by atoms with Crippen LogP contribution in [0.2, 0.25) is 0 Å². The van der Waals surface area contributed by atoms with Crippen molar-refractivity contribution in [2.75, 3.05) is 5.33 Å². The molecule has 0 aromatic carbocycles. The first-order valence-electron chi connectivity index (χ1n) is 8.57. The summed E-state index contributed by atoms with van der Waals surface area (Å²) in [6.45, 7) is 5.90. The van der Waals surface area contributed by atoms with Crippen LogP contribution in [0.4, 0.5) is 0 Å². The van der Waals surface area contributed by atoms with E-state index < -0.39 is 0 Å². The average molecular weight is 409 g/mol. The van der Waals surface area contributed by atoms with Crippen LogP contribution in [0.15, 0.2) is 27.7 Å². The lowest BCUT2D eigenvalue weighted by Gasteiger charge is -2.08. The number of aryl methyl sites for hydroxylation is 1. The van der Waals surface area contributed by atoms with Gasteiger partial charge in [0.25, 0.3) is 0 Å². The summed E-state index contributed by atoms with van der Waals surface area (Å²) in [7, 11) is 0. The molecule has 25 heavy (non-hydrogen) atoms. The largest absolute Gasteiger partial charge is 0.462 e. The molecule has 2 atom stereocenters. The van der Waals surface area contributed by atoms with Gasteiger partial charge in [-0.2, -0.15) is 0 Å². The van der Waals surface area contributed by atoms with Gasteiger partial charge in [0.2, 0.25) is 0 Å². The molecule has 1 saturated heterocycles. The topological polar surface area (TPSA) is 56.5 Å². The molecule has 1 aliphatic rings. The number of aldehydes is 1. The molecule has 1 aliphatic heterocycles. The van der Waals surface area contributed by atoms with Gasteiger partial charge in [-0.25, -0.2) is 0 Å². The molecule has 0 N–H and O–H groups in total. The predicted molar refractivity (Wildman–Crippen MR) is 102 cm³/mol. The van der Waals surface area contributed by atoms with E-state index in [1.807, 2.05) is 26.0 Å². The van der Waals surface area contributed by atoms with E-state index in [9.17, 15) is 9.59 Å². The fourth-order valence-electron chi connectivity index (χ4n) is 3.04. The third-order valence-corrected chi connectivity index (χ3v) is 5.29. The lowest BCUT2D eigenvalue weighted by Crippen LogP contribution is -2.07. The van der Waals surface area contributed by atoms with Gasteiger partial charge in [0.15, 0.2) is 12.0 Å². The Bertz CT molecular complexity index is 684. The summed E-state index contributed by atoms with van der Waals surface area (Å²) in [6.07, 6.45) is 7.92. The van der Waals surface area contributed by atoms with E-state index in [1.54, 1.807) is 0 Å². The summed E-state index contributed by atoms with van der Waals surface area (Å²) >= 11 is 3.42. The monoisotopic (exact) mass is 408 g/mol. The maximum absolute atomic E-state index is 12.0. The Morgan fingerprint density at radius 1 is 1.36 bits per heavy atom. The van der Waals surface area contributed by atoms with E-state index in [1.165, 1.54) is 5.57 Å². The summed E-state index contributed by atoms with van der Waals surface area (Å²) in [6, 6.07) is 1.84. The molecule has 0 saturated carbocycles. The van der Waals surface area contributed by atoms with Crippen LogP contribution in [-0.2, 0) is 9.53 Å². The van der Waals surface area contributed by atoms with Crippen molar-refractivity contribution >= 4 is 34.3 Å². The first kappa shape index (κ1) is 19.7. The van der Waals surface area contributed by atoms with Crippen LogP contribution in [0, 0.1) is 12.8 Å². The molecule has 4 nitrogen and oxygen atoms in total. The Kier molecular flexibility index (Phi) is 7.24. The standard InChI is InChI=1S/C20H25BrO4/c1-13(11-21)5-4-6-16-10-18(25-20(16)23)8-14(2)7-17-9-15(3)19(12-22)24-17/h5,7,9,12,16,18H,4,6,8,10-11H2,1-3H3/b13-5+,14-7-/t16?,18-/m1/s1. The van der Waals surface area contributed by atoms with Crippen LogP contribution in [-0.4, -0.2) is 23.7 Å². The first-order chi connectivity index (χ1) is 11.9. The van der Waals surface area contributed by atoms with Gasteiger partial charge in [-0.05, 0) is 57.7 Å². The molecule has 0 aliphatic carbocycles. The SMILES string of the molecule is C/C(=C/c1cc(C)c(C=O)o1)C[C@@H]1CC(CC/C=C(\C)CBr)C(=O)O1. The minimum atomic E-state index is -0.0835. The highest BCUT2D eigenvalue weighted by Gasteiger charge is 2.33. The van der Waals surface area contributed by atoms with Gasteiger partial charge >= 0.3 is 5.97 Å². The van der Waals surface area contributed by atoms with E-state index in [0.717, 1.165) is 42.0 Å². The highest BCUT2D eigenvalue weighted by molar-refractivity contribution is 9.09. The van der Waals surface area contributed by atoms with Gasteiger partial charge in [-0.1, -0.05) is 33.2 Å². The van der Waals surface area contributed by atoms with Crippen molar-refractivity contribution in [1.82, 2.24) is 0 Å². The fraction of sp³-hybridized carbons (Fsp3) is 0.500. The number of furan rings is 1. The molecule has 0 radical (unpaired) electrons. The van der Waals surface area contributed by atoms with E-state index >= 15 is 0 Å². The van der Waals surface area contributed by atoms with Crippen molar-refractivity contribution in [2.45, 2.75) is 52.6 Å². The van der Waals surface area contributed by atoms with Crippen molar-refractivity contribution in [3.8, 4) is 0 Å². The van der Waals surface area contributed by atoms with Crippen LogP contribution >= 0.6 is 15.9 Å². The van der Waals surface area contributed by atoms with Crippen LogP contribution < -0.4 is 0 Å². The van der Waals surface area contributed by atoms with Crippen LogP contribution in [0.3, 0.4) is 0 Å². The molecule has 1 fully saturated rings. The number of allylic oxidation sites excluding steroid dienone is 2. The van der Waals surface area contributed by atoms with Gasteiger partial charge < -0.3 is 9.15 Å². The molecule has 1 aromatic heterocycles. The Balaban J connectivity index is 1.89. The molecular formula is C20H25BrO4. The van der Waals surface area contributed by atoms with Crippen molar-refractivity contribution in [3.05, 3.63) is 40.4 Å². The Hall–Kier alpha value is -1.62. The number of esters is 1. The molecule has 2 rings (SSSR count). The molecule has 0 bridgehead atoms. The highest BCUT2D eigenvalue weighted by Crippen LogP contribution is 2.30. The van der Waals surface area contributed by atoms with Gasteiger partial charge in [-0.15, -0.1) is 0 Å². The quantitative estimate of drug-likeness (QED) is 0.255. The maximum atomic E-state index is 12.0. The number of ether oxygens (including phenoxy) is 1. The summed E-state index contributed by atoms with van der Waals surface area (Å²) in [5, 5.41) is 0.868. The molecule has 0 spiro atoms. The number of alkyl halides is 1. The summed E-state index contributed by atoms with van der Waals surface area (Å²) in [5.41, 5.74) is 3.18. The van der Waals surface area contributed by atoms with E-state index in [0.29, 0.717) is 17.9 Å². The summed E-state index contributed by atoms with van der Waals surface area (Å²) in [4.78, 5) is 22.9. The van der Waals surface area contributed by atoms with Gasteiger partial charge in [0.1, 0.15) is 11.9 Å². The second kappa shape index (κ2) is 9.18. The second-order valence-corrected chi connectivity index (χ2v) is 7.32. The number of halogens is 1. The number of hydrogen-bond donors (Lipinski definition) is 0. The van der Waals surface area contributed by atoms with Crippen molar-refractivity contribution in [2.24, 2.45) is 5.92 Å². The molecular weight excluding hydrogens is 384 g/mol. The third kappa shape index (κ3) is 5.70. The molecule has 1 aromatic rings. The smallest absolute Gasteiger partial charge is 0.309 e. The Labute approximate surface area is 157 Å². The van der Waals surface area contributed by atoms with Crippen molar-refractivity contribution in [3.63, 3.8) is 0 Å². The van der Waals surface area contributed by atoms with Crippen LogP contribution in [0.5, 0.6) is 0 Å². The normalized spacial score (nSPS) is 21.5. The van der Waals surface area contributed by atoms with E-state index in [2.05, 4.69) is 28.9 Å². The first-order valence-corrected chi connectivity index (χ1v) is 9.70. The fourth-order valence-corrected chi connectivity index (χ4v) is 3.27. The van der Waals surface area contributed by atoms with E-state index in [4.69, 9.17) is 9.15 Å². The van der Waals surface area contributed by atoms with Crippen LogP contribution in [0.25, 0.3) is 6.08 Å². The van der Waals surface area contributed by atoms with Crippen LogP contribution in [0.1, 0.15) is 61.4 Å². The summed E-state index contributed by atoms with van der Waals surface area (Å²) < 4.78 is 11.0. The number of carbonyl (C=O) groups excluding carboxylic acids is 2. The number of hydrogen-bond acceptors (Lipinski definition) is 4. The average Bonchev–Trinajstić information content (AvgIpc) is 3.09. The number of carbonyl (C=O) groups is 2. The minimum Gasteiger partial charge on any atom is -0.462 e. The van der Waals surface area contributed by atoms with Gasteiger partial charge in [0.05, 0.1) is 5.92 Å². The minimum absolute atomic E-state index is 0.00954. The molecule has 2 heterocycles. The molecule has 136 valence electrons. The zero-order valence-corrected chi connectivity index (χ0v) is 16.6. The van der Waals surface area contributed by atoms with Crippen molar-refractivity contribution in [1.29, 1.82) is 0 Å². The third-order valence-electron chi connectivity index (χ3n) is 4.40. The summed E-state index contributed by atoms with van der Waals surface area (Å²) in [5.74, 6) is 0.927. The predicted octanol–water partition coefficient (Wildman–Crippen LogP) is 5.25.